The van der Waals surface area contributed by atoms with Crippen LogP contribution in [-0.4, -0.2) is 43.3 Å². The number of furan rings is 1. The van der Waals surface area contributed by atoms with E-state index in [9.17, 15) is 13.2 Å². The summed E-state index contributed by atoms with van der Waals surface area (Å²) in [6, 6.07) is 10.3. The van der Waals surface area contributed by atoms with E-state index in [0.717, 1.165) is 18.4 Å². The Morgan fingerprint density at radius 1 is 1.27 bits per heavy atom. The predicted molar refractivity (Wildman–Crippen MR) is 102 cm³/mol. The van der Waals surface area contributed by atoms with Gasteiger partial charge in [0.05, 0.1) is 16.5 Å². The van der Waals surface area contributed by atoms with Crippen LogP contribution in [0.15, 0.2) is 40.8 Å². The summed E-state index contributed by atoms with van der Waals surface area (Å²) in [6.45, 7) is 2.56. The molecular formula is C19H22ClNO4S. The number of hydrogen-bond acceptors (Lipinski definition) is 4. The van der Waals surface area contributed by atoms with E-state index >= 15 is 0 Å². The number of carbonyl (C=O) groups is 1. The topological polar surface area (TPSA) is 67.6 Å². The average Bonchev–Trinajstić information content (AvgIpc) is 3.22. The zero-order valence-corrected chi connectivity index (χ0v) is 16.2. The molecule has 0 N–H and O–H groups in total. The molecule has 140 valence electrons. The molecule has 1 unspecified atom stereocenters. The first-order valence-electron chi connectivity index (χ1n) is 8.77. The fourth-order valence-corrected chi connectivity index (χ4v) is 5.16. The Hall–Kier alpha value is -1.79. The van der Waals surface area contributed by atoms with Gasteiger partial charge < -0.3 is 9.32 Å². The Morgan fingerprint density at radius 2 is 2.04 bits per heavy atom. The molecule has 0 radical (unpaired) electrons. The van der Waals surface area contributed by atoms with Crippen LogP contribution in [-0.2, 0) is 9.84 Å². The summed E-state index contributed by atoms with van der Waals surface area (Å²) in [6.07, 6.45) is 2.22. The normalized spacial score (nSPS) is 18.8. The van der Waals surface area contributed by atoms with Gasteiger partial charge in [-0.2, -0.15) is 0 Å². The Labute approximate surface area is 158 Å². The van der Waals surface area contributed by atoms with Gasteiger partial charge in [0.25, 0.3) is 5.91 Å². The van der Waals surface area contributed by atoms with E-state index in [4.69, 9.17) is 16.0 Å². The predicted octanol–water partition coefficient (Wildman–Crippen LogP) is 4.03. The number of carbonyl (C=O) groups excluding carboxylic acids is 1. The van der Waals surface area contributed by atoms with Gasteiger partial charge in [0.1, 0.15) is 5.76 Å². The third kappa shape index (κ3) is 4.13. The molecular weight excluding hydrogens is 374 g/mol. The van der Waals surface area contributed by atoms with Gasteiger partial charge in [0.15, 0.2) is 15.6 Å². The lowest BCUT2D eigenvalue weighted by molar-refractivity contribution is 0.0662. The second-order valence-electron chi connectivity index (χ2n) is 6.55. The molecule has 5 nitrogen and oxygen atoms in total. The monoisotopic (exact) mass is 395 g/mol. The molecule has 0 spiro atoms. The maximum Gasteiger partial charge on any atom is 0.289 e. The maximum atomic E-state index is 13.0. The van der Waals surface area contributed by atoms with E-state index < -0.39 is 9.84 Å². The first-order chi connectivity index (χ1) is 12.4. The van der Waals surface area contributed by atoms with Crippen LogP contribution in [0.1, 0.15) is 36.7 Å². The molecule has 2 aromatic rings. The molecule has 26 heavy (non-hydrogen) atoms. The quantitative estimate of drug-likeness (QED) is 0.740. The van der Waals surface area contributed by atoms with Crippen LogP contribution in [0.25, 0.3) is 11.3 Å². The number of nitrogens with zero attached hydrogens (tertiary/aromatic N) is 1. The SMILES string of the molecule is CCCCN(C(=O)c1ccc(-c2ccccc2Cl)o1)C1CCS(=O)(=O)C1. The summed E-state index contributed by atoms with van der Waals surface area (Å²) in [4.78, 5) is 14.6. The second-order valence-corrected chi connectivity index (χ2v) is 9.19. The van der Waals surface area contributed by atoms with Crippen molar-refractivity contribution in [2.24, 2.45) is 0 Å². The van der Waals surface area contributed by atoms with Crippen LogP contribution in [0.4, 0.5) is 0 Å². The van der Waals surface area contributed by atoms with Crippen molar-refractivity contribution in [3.05, 3.63) is 47.2 Å². The highest BCUT2D eigenvalue weighted by molar-refractivity contribution is 7.91. The fraction of sp³-hybridized carbons (Fsp3) is 0.421. The van der Waals surface area contributed by atoms with Crippen LogP contribution >= 0.6 is 11.6 Å². The Kier molecular flexibility index (Phi) is 5.73. The summed E-state index contributed by atoms with van der Waals surface area (Å²) >= 11 is 6.19. The highest BCUT2D eigenvalue weighted by atomic mass is 35.5. The molecule has 1 saturated heterocycles. The molecule has 0 aliphatic carbocycles. The lowest BCUT2D eigenvalue weighted by Crippen LogP contribution is -2.41. The summed E-state index contributed by atoms with van der Waals surface area (Å²) < 4.78 is 29.4. The zero-order valence-electron chi connectivity index (χ0n) is 14.7. The van der Waals surface area contributed by atoms with E-state index in [1.165, 1.54) is 0 Å². The minimum atomic E-state index is -3.07. The van der Waals surface area contributed by atoms with Crippen LogP contribution in [0, 0.1) is 0 Å². The molecule has 7 heteroatoms. The molecule has 2 heterocycles. The van der Waals surface area contributed by atoms with Crippen molar-refractivity contribution in [3.63, 3.8) is 0 Å². The van der Waals surface area contributed by atoms with Crippen LogP contribution in [0.3, 0.4) is 0 Å². The minimum absolute atomic E-state index is 0.0283. The highest BCUT2D eigenvalue weighted by Gasteiger charge is 2.35. The molecule has 0 saturated carbocycles. The minimum Gasteiger partial charge on any atom is -0.451 e. The van der Waals surface area contributed by atoms with E-state index in [-0.39, 0.29) is 29.2 Å². The van der Waals surface area contributed by atoms with Crippen molar-refractivity contribution in [1.29, 1.82) is 0 Å². The van der Waals surface area contributed by atoms with Gasteiger partial charge in [0, 0.05) is 18.2 Å². The number of rotatable bonds is 6. The molecule has 1 aromatic heterocycles. The van der Waals surface area contributed by atoms with E-state index in [1.54, 1.807) is 23.1 Å². The lowest BCUT2D eigenvalue weighted by Gasteiger charge is -2.27. The molecule has 1 aromatic carbocycles. The lowest BCUT2D eigenvalue weighted by atomic mass is 10.1. The molecule has 1 aliphatic rings. The van der Waals surface area contributed by atoms with Crippen molar-refractivity contribution in [2.75, 3.05) is 18.1 Å². The smallest absolute Gasteiger partial charge is 0.289 e. The van der Waals surface area contributed by atoms with Gasteiger partial charge in [-0.05, 0) is 37.1 Å². The maximum absolute atomic E-state index is 13.0. The Balaban J connectivity index is 1.84. The standard InChI is InChI=1S/C19H22ClNO4S/c1-2-3-11-21(14-10-12-26(23,24)13-14)19(22)18-9-8-17(25-18)15-6-4-5-7-16(15)20/h4-9,14H,2-3,10-13H2,1H3. The van der Waals surface area contributed by atoms with Gasteiger partial charge in [-0.3, -0.25) is 4.79 Å². The molecule has 1 atom stereocenters. The third-order valence-electron chi connectivity index (χ3n) is 4.62. The van der Waals surface area contributed by atoms with Gasteiger partial charge in [-0.25, -0.2) is 8.42 Å². The van der Waals surface area contributed by atoms with Crippen LogP contribution < -0.4 is 0 Å². The van der Waals surface area contributed by atoms with Crippen molar-refractivity contribution in [3.8, 4) is 11.3 Å². The average molecular weight is 396 g/mol. The first-order valence-corrected chi connectivity index (χ1v) is 11.0. The van der Waals surface area contributed by atoms with E-state index in [0.29, 0.717) is 23.7 Å². The van der Waals surface area contributed by atoms with E-state index in [1.807, 2.05) is 25.1 Å². The largest absolute Gasteiger partial charge is 0.451 e. The van der Waals surface area contributed by atoms with Crippen LogP contribution in [0.2, 0.25) is 5.02 Å². The van der Waals surface area contributed by atoms with Crippen molar-refractivity contribution in [2.45, 2.75) is 32.2 Å². The second kappa shape index (κ2) is 7.84. The number of amides is 1. The number of hydrogen-bond donors (Lipinski definition) is 0. The number of sulfone groups is 1. The summed E-state index contributed by atoms with van der Waals surface area (Å²) in [5.74, 6) is 0.629. The van der Waals surface area contributed by atoms with Gasteiger partial charge >= 0.3 is 0 Å². The molecule has 1 fully saturated rings. The molecule has 1 amide bonds. The third-order valence-corrected chi connectivity index (χ3v) is 6.70. The first kappa shape index (κ1) is 19.0. The van der Waals surface area contributed by atoms with Crippen LogP contribution in [0.5, 0.6) is 0 Å². The number of benzene rings is 1. The summed E-state index contributed by atoms with van der Waals surface area (Å²) in [5.41, 5.74) is 0.719. The highest BCUT2D eigenvalue weighted by Crippen LogP contribution is 2.30. The zero-order chi connectivity index (χ0) is 18.7. The van der Waals surface area contributed by atoms with Crippen molar-refractivity contribution < 1.29 is 17.6 Å². The Morgan fingerprint density at radius 3 is 2.69 bits per heavy atom. The molecule has 1 aliphatic heterocycles. The molecule has 3 rings (SSSR count). The number of unbranched alkanes of at least 4 members (excludes halogenated alkanes) is 1. The van der Waals surface area contributed by atoms with E-state index in [2.05, 4.69) is 0 Å². The van der Waals surface area contributed by atoms with Crippen molar-refractivity contribution in [1.82, 2.24) is 4.90 Å². The van der Waals surface area contributed by atoms with Crippen molar-refractivity contribution >= 4 is 27.3 Å². The summed E-state index contributed by atoms with van der Waals surface area (Å²) in [5, 5.41) is 0.547. The van der Waals surface area contributed by atoms with Gasteiger partial charge in [-0.1, -0.05) is 37.1 Å². The number of halogens is 1. The van der Waals surface area contributed by atoms with Gasteiger partial charge in [0.2, 0.25) is 0 Å². The molecule has 0 bridgehead atoms. The fourth-order valence-electron chi connectivity index (χ4n) is 3.20. The Bertz CT molecular complexity index is 890. The summed E-state index contributed by atoms with van der Waals surface area (Å²) in [7, 11) is -3.07. The van der Waals surface area contributed by atoms with Gasteiger partial charge in [-0.15, -0.1) is 0 Å².